The second-order valence-electron chi connectivity index (χ2n) is 4.62. The van der Waals surface area contributed by atoms with Crippen LogP contribution in [0.25, 0.3) is 0 Å². The van der Waals surface area contributed by atoms with E-state index >= 15 is 0 Å². The zero-order chi connectivity index (χ0) is 16.2. The topological polar surface area (TPSA) is 110 Å². The van der Waals surface area contributed by atoms with Crippen LogP contribution in [0.5, 0.6) is 0 Å². The van der Waals surface area contributed by atoms with Crippen LogP contribution in [0.15, 0.2) is 0 Å². The predicted octanol–water partition coefficient (Wildman–Crippen LogP) is 0.563. The first-order valence-corrected chi connectivity index (χ1v) is 7.10. The number of nitrogens with one attached hydrogen (secondary N) is 1. The highest BCUT2D eigenvalue weighted by Gasteiger charge is 2.52. The van der Waals surface area contributed by atoms with Crippen LogP contribution in [0.2, 0.25) is 0 Å². The van der Waals surface area contributed by atoms with Gasteiger partial charge in [-0.3, -0.25) is 14.1 Å². The number of amides is 1. The Kier molecular flexibility index (Phi) is 6.02. The van der Waals surface area contributed by atoms with Gasteiger partial charge in [-0.1, -0.05) is 6.92 Å². The van der Waals surface area contributed by atoms with Crippen LogP contribution in [0.4, 0.5) is 8.78 Å². The van der Waals surface area contributed by atoms with Crippen LogP contribution in [-0.4, -0.2) is 43.3 Å². The number of hydrogen-bond acceptors (Lipinski definition) is 5. The highest BCUT2D eigenvalue weighted by Crippen LogP contribution is 2.21. The Labute approximate surface area is 115 Å². The first-order chi connectivity index (χ1) is 8.86. The van der Waals surface area contributed by atoms with E-state index in [0.717, 1.165) is 0 Å². The molecule has 2 N–H and O–H groups in total. The van der Waals surface area contributed by atoms with E-state index in [1.807, 2.05) is 0 Å². The van der Waals surface area contributed by atoms with Gasteiger partial charge in [0.2, 0.25) is 0 Å². The minimum atomic E-state index is -5.84. The quantitative estimate of drug-likeness (QED) is 0.403. The Hall–Kier alpha value is -1.29. The van der Waals surface area contributed by atoms with Crippen LogP contribution >= 0.6 is 0 Å². The van der Waals surface area contributed by atoms with Gasteiger partial charge in [0.05, 0.1) is 12.0 Å². The third-order valence-corrected chi connectivity index (χ3v) is 3.48. The van der Waals surface area contributed by atoms with Gasteiger partial charge in [-0.05, 0) is 20.3 Å². The minimum absolute atomic E-state index is 0.393. The Morgan fingerprint density at radius 1 is 1.30 bits per heavy atom. The summed E-state index contributed by atoms with van der Waals surface area (Å²) in [7, 11) is -5.84. The van der Waals surface area contributed by atoms with Gasteiger partial charge < -0.3 is 10.1 Å². The molecule has 0 aliphatic heterocycles. The monoisotopic (exact) mass is 317 g/mol. The zero-order valence-corrected chi connectivity index (χ0v) is 12.1. The Balaban J connectivity index is 4.29. The van der Waals surface area contributed by atoms with Crippen molar-refractivity contribution in [2.75, 3.05) is 13.2 Å². The smallest absolute Gasteiger partial charge is 0.446 e. The van der Waals surface area contributed by atoms with Crippen LogP contribution < -0.4 is 5.32 Å². The molecule has 0 bridgehead atoms. The van der Waals surface area contributed by atoms with Crippen molar-refractivity contribution in [3.8, 4) is 0 Å². The van der Waals surface area contributed by atoms with Crippen molar-refractivity contribution in [2.24, 2.45) is 5.41 Å². The molecule has 0 unspecified atom stereocenters. The molecular formula is C10H17F2NO6S. The van der Waals surface area contributed by atoms with E-state index in [0.29, 0.717) is 6.42 Å². The molecule has 0 atom stereocenters. The van der Waals surface area contributed by atoms with Crippen molar-refractivity contribution in [1.82, 2.24) is 5.32 Å². The summed E-state index contributed by atoms with van der Waals surface area (Å²) in [5.74, 6) is -2.76. The molecule has 1 amide bonds. The number of ether oxygens (including phenoxy) is 1. The first kappa shape index (κ1) is 18.7. The van der Waals surface area contributed by atoms with Gasteiger partial charge >= 0.3 is 27.2 Å². The lowest BCUT2D eigenvalue weighted by atomic mass is 9.91. The second-order valence-corrected chi connectivity index (χ2v) is 6.08. The van der Waals surface area contributed by atoms with Crippen molar-refractivity contribution in [3.05, 3.63) is 0 Å². The van der Waals surface area contributed by atoms with E-state index in [1.165, 1.54) is 0 Å². The molecule has 0 aliphatic rings. The summed E-state index contributed by atoms with van der Waals surface area (Å²) in [5, 5.41) is -3.40. The molecule has 7 nitrogen and oxygen atoms in total. The minimum Gasteiger partial charge on any atom is -0.463 e. The molecule has 10 heteroatoms. The van der Waals surface area contributed by atoms with Gasteiger partial charge in [-0.15, -0.1) is 0 Å². The number of esters is 1. The highest BCUT2D eigenvalue weighted by molar-refractivity contribution is 7.87. The van der Waals surface area contributed by atoms with Crippen LogP contribution in [0.1, 0.15) is 27.2 Å². The number of halogens is 2. The van der Waals surface area contributed by atoms with Crippen molar-refractivity contribution in [3.63, 3.8) is 0 Å². The normalized spacial score (nSPS) is 12.9. The fourth-order valence-electron chi connectivity index (χ4n) is 0.868. The van der Waals surface area contributed by atoms with Gasteiger partial charge in [0, 0.05) is 0 Å². The standard InChI is InChI=1S/C10H17F2NO6S/c1-4-9(2,3)8(15)19-6-5-13-7(14)10(11,12)20(16,17)18/h4-6H2,1-3H3,(H,13,14)(H,16,17,18). The van der Waals surface area contributed by atoms with Crippen LogP contribution in [0, 0.1) is 5.41 Å². The molecule has 20 heavy (non-hydrogen) atoms. The number of rotatable bonds is 7. The molecule has 0 spiro atoms. The van der Waals surface area contributed by atoms with Gasteiger partial charge in [-0.2, -0.15) is 17.2 Å². The molecular weight excluding hydrogens is 300 g/mol. The summed E-state index contributed by atoms with van der Waals surface area (Å²) < 4.78 is 59.0. The maximum Gasteiger partial charge on any atom is 0.446 e. The SMILES string of the molecule is CCC(C)(C)C(=O)OCCNC(=O)C(F)(F)S(=O)(=O)O. The van der Waals surface area contributed by atoms with Gasteiger partial charge in [-0.25, -0.2) is 0 Å². The summed E-state index contributed by atoms with van der Waals surface area (Å²) in [6, 6.07) is 0. The lowest BCUT2D eigenvalue weighted by molar-refractivity contribution is -0.154. The third kappa shape index (κ3) is 4.67. The largest absolute Gasteiger partial charge is 0.463 e. The second kappa shape index (κ2) is 6.44. The molecule has 0 aromatic carbocycles. The maximum absolute atomic E-state index is 12.8. The fourth-order valence-corrected chi connectivity index (χ4v) is 1.17. The molecule has 0 aliphatic carbocycles. The lowest BCUT2D eigenvalue weighted by Gasteiger charge is -2.20. The molecule has 118 valence electrons. The molecule has 0 rings (SSSR count). The summed E-state index contributed by atoms with van der Waals surface area (Å²) in [6.07, 6.45) is 0.499. The summed E-state index contributed by atoms with van der Waals surface area (Å²) in [5.41, 5.74) is -0.748. The van der Waals surface area contributed by atoms with Gasteiger partial charge in [0.15, 0.2) is 0 Å². The maximum atomic E-state index is 12.8. The molecule has 0 fully saturated rings. The summed E-state index contributed by atoms with van der Waals surface area (Å²) >= 11 is 0. The van der Waals surface area contributed by atoms with Crippen molar-refractivity contribution >= 4 is 22.0 Å². The van der Waals surface area contributed by atoms with Crippen LogP contribution in [-0.2, 0) is 24.4 Å². The van der Waals surface area contributed by atoms with E-state index < -0.39 is 45.8 Å². The number of alkyl halides is 2. The Morgan fingerprint density at radius 3 is 2.20 bits per heavy atom. The average Bonchev–Trinajstić information content (AvgIpc) is 2.32. The van der Waals surface area contributed by atoms with Crippen molar-refractivity contribution in [2.45, 2.75) is 32.4 Å². The molecule has 0 aromatic rings. The van der Waals surface area contributed by atoms with Crippen molar-refractivity contribution < 1.29 is 36.1 Å². The first-order valence-electron chi connectivity index (χ1n) is 5.66. The number of carbonyl (C=O) groups excluding carboxylic acids is 2. The lowest BCUT2D eigenvalue weighted by Crippen LogP contribution is -2.46. The zero-order valence-electron chi connectivity index (χ0n) is 11.3. The average molecular weight is 317 g/mol. The van der Waals surface area contributed by atoms with E-state index in [-0.39, 0.29) is 0 Å². The molecule has 0 radical (unpaired) electrons. The predicted molar refractivity (Wildman–Crippen MR) is 64.5 cm³/mol. The third-order valence-electron chi connectivity index (χ3n) is 2.65. The summed E-state index contributed by atoms with van der Waals surface area (Å²) in [6.45, 7) is 4.11. The molecule has 0 heterocycles. The van der Waals surface area contributed by atoms with Crippen LogP contribution in [0.3, 0.4) is 0 Å². The van der Waals surface area contributed by atoms with Gasteiger partial charge in [0.25, 0.3) is 0 Å². The summed E-state index contributed by atoms with van der Waals surface area (Å²) in [4.78, 5) is 22.3. The molecule has 0 saturated carbocycles. The van der Waals surface area contributed by atoms with E-state index in [4.69, 9.17) is 9.29 Å². The number of carbonyl (C=O) groups is 2. The van der Waals surface area contributed by atoms with E-state index in [9.17, 15) is 26.8 Å². The van der Waals surface area contributed by atoms with Crippen molar-refractivity contribution in [1.29, 1.82) is 0 Å². The van der Waals surface area contributed by atoms with Gasteiger partial charge in [0.1, 0.15) is 6.61 Å². The van der Waals surface area contributed by atoms with E-state index in [2.05, 4.69) is 0 Å². The number of hydrogen-bond donors (Lipinski definition) is 2. The Morgan fingerprint density at radius 2 is 1.80 bits per heavy atom. The highest BCUT2D eigenvalue weighted by atomic mass is 32.2. The van der Waals surface area contributed by atoms with E-state index in [1.54, 1.807) is 26.1 Å². The fraction of sp³-hybridized carbons (Fsp3) is 0.800. The Bertz CT molecular complexity index is 474. The molecule has 0 saturated heterocycles. The molecule has 0 aromatic heterocycles.